The molecule has 2 heteroatoms. The first-order valence-electron chi connectivity index (χ1n) is 5.18. The minimum atomic E-state index is 0.152. The molecule has 1 rings (SSSR count). The Morgan fingerprint density at radius 1 is 1.40 bits per heavy atom. The lowest BCUT2D eigenvalue weighted by Gasteiger charge is -2.09. The van der Waals surface area contributed by atoms with Crippen LogP contribution in [0.25, 0.3) is 0 Å². The van der Waals surface area contributed by atoms with Crippen LogP contribution < -0.4 is 5.73 Å². The second-order valence-electron chi connectivity index (χ2n) is 3.98. The molecule has 82 valence electrons. The van der Waals surface area contributed by atoms with Gasteiger partial charge in [0.2, 0.25) is 0 Å². The van der Waals surface area contributed by atoms with Gasteiger partial charge in [-0.3, -0.25) is 0 Å². The second kappa shape index (κ2) is 5.99. The largest absolute Gasteiger partial charge is 0.324 e. The molecule has 2 N–H and O–H groups in total. The van der Waals surface area contributed by atoms with Crippen molar-refractivity contribution < 1.29 is 0 Å². The Hall–Kier alpha value is -0.730. The molecule has 0 aliphatic heterocycles. The highest BCUT2D eigenvalue weighted by Crippen LogP contribution is 2.22. The van der Waals surface area contributed by atoms with Crippen molar-refractivity contribution in [3.8, 4) is 0 Å². The monoisotopic (exact) mass is 221 g/mol. The number of hydrogen-bond acceptors (Lipinski definition) is 2. The molecule has 0 amide bonds. The first kappa shape index (κ1) is 12.3. The zero-order valence-corrected chi connectivity index (χ0v) is 10.5. The Morgan fingerprint density at radius 3 is 2.67 bits per heavy atom. The van der Waals surface area contributed by atoms with Gasteiger partial charge in [0.15, 0.2) is 0 Å². The summed E-state index contributed by atoms with van der Waals surface area (Å²) < 4.78 is 0. The third-order valence-electron chi connectivity index (χ3n) is 2.07. The van der Waals surface area contributed by atoms with E-state index in [-0.39, 0.29) is 6.04 Å². The molecule has 0 saturated heterocycles. The van der Waals surface area contributed by atoms with Crippen LogP contribution in [0, 0.1) is 6.92 Å². The smallest absolute Gasteiger partial charge is 0.0321 e. The highest BCUT2D eigenvalue weighted by atomic mass is 32.2. The van der Waals surface area contributed by atoms with Gasteiger partial charge in [0.25, 0.3) is 0 Å². The van der Waals surface area contributed by atoms with Crippen molar-refractivity contribution in [1.82, 2.24) is 0 Å². The van der Waals surface area contributed by atoms with Crippen molar-refractivity contribution in [2.45, 2.75) is 31.7 Å². The average Bonchev–Trinajstić information content (AvgIpc) is 2.15. The molecule has 1 aromatic carbocycles. The van der Waals surface area contributed by atoms with E-state index in [1.165, 1.54) is 16.0 Å². The van der Waals surface area contributed by atoms with E-state index < -0.39 is 0 Å². The van der Waals surface area contributed by atoms with E-state index in [9.17, 15) is 0 Å². The molecule has 0 bridgehead atoms. The summed E-state index contributed by atoms with van der Waals surface area (Å²) in [5.41, 5.74) is 8.59. The fourth-order valence-electron chi connectivity index (χ4n) is 1.38. The van der Waals surface area contributed by atoms with E-state index >= 15 is 0 Å². The first-order valence-corrected chi connectivity index (χ1v) is 6.17. The van der Waals surface area contributed by atoms with Gasteiger partial charge < -0.3 is 5.73 Å². The lowest BCUT2D eigenvalue weighted by molar-refractivity contribution is 0.926. The molecule has 0 spiro atoms. The van der Waals surface area contributed by atoms with E-state index in [1.807, 2.05) is 11.8 Å². The van der Waals surface area contributed by atoms with Crippen molar-refractivity contribution >= 4 is 11.8 Å². The fraction of sp³-hybridized carbons (Fsp3) is 0.385. The van der Waals surface area contributed by atoms with E-state index in [0.717, 1.165) is 5.75 Å². The maximum absolute atomic E-state index is 5.98. The molecular formula is C13H19NS. The highest BCUT2D eigenvalue weighted by Gasteiger charge is 2.02. The van der Waals surface area contributed by atoms with Crippen molar-refractivity contribution in [2.75, 3.05) is 5.75 Å². The quantitative estimate of drug-likeness (QED) is 0.623. The highest BCUT2D eigenvalue weighted by molar-refractivity contribution is 7.99. The molecule has 0 saturated carbocycles. The minimum Gasteiger partial charge on any atom is -0.324 e. The van der Waals surface area contributed by atoms with Crippen molar-refractivity contribution in [3.63, 3.8) is 0 Å². The lowest BCUT2D eigenvalue weighted by Crippen LogP contribution is -2.20. The summed E-state index contributed by atoms with van der Waals surface area (Å²) in [5.74, 6) is 0.941. The van der Waals surface area contributed by atoms with Crippen LogP contribution in [0.3, 0.4) is 0 Å². The van der Waals surface area contributed by atoms with Crippen molar-refractivity contribution in [1.29, 1.82) is 0 Å². The molecule has 1 aromatic rings. The lowest BCUT2D eigenvalue weighted by atomic mass is 10.2. The van der Waals surface area contributed by atoms with Gasteiger partial charge in [-0.25, -0.2) is 0 Å². The molecule has 0 aromatic heterocycles. The number of nitrogens with two attached hydrogens (primary N) is 1. The summed E-state index contributed by atoms with van der Waals surface area (Å²) in [5, 5.41) is 0. The van der Waals surface area contributed by atoms with Gasteiger partial charge in [-0.1, -0.05) is 29.8 Å². The number of benzene rings is 1. The maximum atomic E-state index is 5.98. The fourth-order valence-corrected chi connectivity index (χ4v) is 2.32. The zero-order valence-electron chi connectivity index (χ0n) is 9.66. The molecule has 0 heterocycles. The Kier molecular flexibility index (Phi) is 4.92. The number of thioether (sulfide) groups is 1. The van der Waals surface area contributed by atoms with Crippen LogP contribution in [-0.2, 0) is 0 Å². The van der Waals surface area contributed by atoms with E-state index in [0.29, 0.717) is 0 Å². The van der Waals surface area contributed by atoms with Gasteiger partial charge in [0.1, 0.15) is 0 Å². The van der Waals surface area contributed by atoms with Crippen LogP contribution in [0.2, 0.25) is 0 Å². The van der Waals surface area contributed by atoms with Crippen LogP contribution >= 0.6 is 11.8 Å². The summed E-state index contributed by atoms with van der Waals surface area (Å²) in [6, 6.07) is 8.57. The Morgan fingerprint density at radius 2 is 2.07 bits per heavy atom. The van der Waals surface area contributed by atoms with Crippen LogP contribution in [0.5, 0.6) is 0 Å². The first-order chi connectivity index (χ1) is 7.09. The number of rotatable bonds is 4. The standard InChI is InChI=1S/C13H19NS/c1-10(2)8-12(14)9-15-13-7-5-4-6-11(13)3/h4-8,12H,9,14H2,1-3H3. The zero-order chi connectivity index (χ0) is 11.3. The van der Waals surface area contributed by atoms with Crippen molar-refractivity contribution in [2.24, 2.45) is 5.73 Å². The molecule has 0 radical (unpaired) electrons. The molecule has 1 atom stereocenters. The van der Waals surface area contributed by atoms with Crippen LogP contribution in [0.15, 0.2) is 40.8 Å². The molecule has 1 nitrogen and oxygen atoms in total. The van der Waals surface area contributed by atoms with Gasteiger partial charge in [-0.15, -0.1) is 11.8 Å². The van der Waals surface area contributed by atoms with Crippen LogP contribution in [-0.4, -0.2) is 11.8 Å². The number of aryl methyl sites for hydroxylation is 1. The predicted molar refractivity (Wildman–Crippen MR) is 69.3 cm³/mol. The van der Waals surface area contributed by atoms with Gasteiger partial charge in [0, 0.05) is 16.7 Å². The van der Waals surface area contributed by atoms with E-state index in [2.05, 4.69) is 51.1 Å². The van der Waals surface area contributed by atoms with Gasteiger partial charge >= 0.3 is 0 Å². The Bertz CT molecular complexity index is 340. The van der Waals surface area contributed by atoms with E-state index in [4.69, 9.17) is 5.73 Å². The average molecular weight is 221 g/mol. The number of allylic oxidation sites excluding steroid dienone is 1. The van der Waals surface area contributed by atoms with Crippen LogP contribution in [0.4, 0.5) is 0 Å². The summed E-state index contributed by atoms with van der Waals surface area (Å²) in [6.45, 7) is 6.30. The van der Waals surface area contributed by atoms with Gasteiger partial charge in [0.05, 0.1) is 0 Å². The Labute approximate surface area is 96.8 Å². The molecule has 0 aliphatic rings. The normalized spacial score (nSPS) is 12.3. The summed E-state index contributed by atoms with van der Waals surface area (Å²) in [7, 11) is 0. The molecule has 0 aliphatic carbocycles. The van der Waals surface area contributed by atoms with E-state index in [1.54, 1.807) is 0 Å². The SMILES string of the molecule is CC(C)=CC(N)CSc1ccccc1C. The third kappa shape index (κ3) is 4.54. The van der Waals surface area contributed by atoms with Gasteiger partial charge in [-0.05, 0) is 32.4 Å². The molecular weight excluding hydrogens is 202 g/mol. The molecule has 0 fully saturated rings. The Balaban J connectivity index is 2.51. The predicted octanol–water partition coefficient (Wildman–Crippen LogP) is 3.38. The molecule has 15 heavy (non-hydrogen) atoms. The topological polar surface area (TPSA) is 26.0 Å². The summed E-state index contributed by atoms with van der Waals surface area (Å²) in [4.78, 5) is 1.33. The summed E-state index contributed by atoms with van der Waals surface area (Å²) >= 11 is 1.83. The maximum Gasteiger partial charge on any atom is 0.0321 e. The third-order valence-corrected chi connectivity index (χ3v) is 3.39. The summed E-state index contributed by atoms with van der Waals surface area (Å²) in [6.07, 6.45) is 2.12. The minimum absolute atomic E-state index is 0.152. The van der Waals surface area contributed by atoms with Gasteiger partial charge in [-0.2, -0.15) is 0 Å². The number of hydrogen-bond donors (Lipinski definition) is 1. The molecule has 1 unspecified atom stereocenters. The van der Waals surface area contributed by atoms with Crippen molar-refractivity contribution in [3.05, 3.63) is 41.5 Å². The second-order valence-corrected chi connectivity index (χ2v) is 5.05. The van der Waals surface area contributed by atoms with Crippen LogP contribution in [0.1, 0.15) is 19.4 Å².